The van der Waals surface area contributed by atoms with Crippen molar-refractivity contribution in [2.75, 3.05) is 0 Å². The molecule has 2 fully saturated rings. The third kappa shape index (κ3) is 7.32. The monoisotopic (exact) mass is 830 g/mol. The summed E-state index contributed by atoms with van der Waals surface area (Å²) < 4.78 is 83.4. The van der Waals surface area contributed by atoms with E-state index in [4.69, 9.17) is 0 Å². The molecular formula is C46H46Cl2F6Ti. The van der Waals surface area contributed by atoms with E-state index in [9.17, 15) is 26.3 Å². The molecule has 55 heavy (non-hydrogen) atoms. The predicted molar refractivity (Wildman–Crippen MR) is 200 cm³/mol. The zero-order chi connectivity index (χ0) is 37.4. The van der Waals surface area contributed by atoms with Crippen molar-refractivity contribution in [1.29, 1.82) is 0 Å². The minimum Gasteiger partial charge on any atom is -1.00 e. The van der Waals surface area contributed by atoms with Crippen molar-refractivity contribution in [3.05, 3.63) is 129 Å². The Balaban J connectivity index is 0.00000257. The van der Waals surface area contributed by atoms with Crippen LogP contribution in [-0.2, 0) is 28.9 Å². The molecule has 0 N–H and O–H groups in total. The third-order valence-corrected chi connectivity index (χ3v) is 23.4. The van der Waals surface area contributed by atoms with E-state index < -0.39 is 40.1 Å². The molecule has 1 saturated heterocycles. The summed E-state index contributed by atoms with van der Waals surface area (Å²) in [5.74, 6) is 0.890. The van der Waals surface area contributed by atoms with Crippen LogP contribution in [0.25, 0.3) is 34.4 Å². The molecule has 0 nitrogen and oxygen atoms in total. The van der Waals surface area contributed by atoms with Gasteiger partial charge in [-0.3, -0.25) is 0 Å². The van der Waals surface area contributed by atoms with Gasteiger partial charge in [0.1, 0.15) is 0 Å². The number of allylic oxidation sites excluding steroid dienone is 2. The average Bonchev–Trinajstić information content (AvgIpc) is 3.38. The van der Waals surface area contributed by atoms with Gasteiger partial charge in [0.05, 0.1) is 0 Å². The Hall–Kier alpha value is -2.77. The average molecular weight is 832 g/mol. The summed E-state index contributed by atoms with van der Waals surface area (Å²) in [5, 5.41) is 0. The summed E-state index contributed by atoms with van der Waals surface area (Å²) in [6.45, 7) is 9.12. The van der Waals surface area contributed by atoms with Crippen LogP contribution in [0.1, 0.15) is 108 Å². The summed E-state index contributed by atoms with van der Waals surface area (Å²) >= 11 is -3.07. The molecule has 9 heteroatoms. The first-order valence-electron chi connectivity index (χ1n) is 19.2. The number of rotatable bonds is 8. The van der Waals surface area contributed by atoms with Gasteiger partial charge in [-0.1, -0.05) is 0 Å². The van der Waals surface area contributed by atoms with Gasteiger partial charge in [-0.05, 0) is 0 Å². The summed E-state index contributed by atoms with van der Waals surface area (Å²) in [4.78, 5) is 0. The van der Waals surface area contributed by atoms with Crippen LogP contribution in [-0.4, -0.2) is 0 Å². The second-order valence-electron chi connectivity index (χ2n) is 16.8. The summed E-state index contributed by atoms with van der Waals surface area (Å²) in [6, 6.07) is 24.3. The van der Waals surface area contributed by atoms with Gasteiger partial charge in [0.15, 0.2) is 0 Å². The predicted octanol–water partition coefficient (Wildman–Crippen LogP) is 9.05. The molecule has 290 valence electrons. The zero-order valence-corrected chi connectivity index (χ0v) is 34.5. The van der Waals surface area contributed by atoms with Crippen LogP contribution < -0.4 is 24.8 Å². The molecule has 0 spiro atoms. The van der Waals surface area contributed by atoms with Crippen LogP contribution >= 0.6 is 0 Å². The molecule has 4 unspecified atom stereocenters. The Labute approximate surface area is 337 Å². The van der Waals surface area contributed by atoms with Crippen molar-refractivity contribution in [3.8, 4) is 22.3 Å². The van der Waals surface area contributed by atoms with Crippen LogP contribution in [0.4, 0.5) is 26.3 Å². The molecule has 1 heterocycles. The Morgan fingerprint density at radius 1 is 0.545 bits per heavy atom. The van der Waals surface area contributed by atoms with Crippen molar-refractivity contribution in [1.82, 2.24) is 0 Å². The van der Waals surface area contributed by atoms with Gasteiger partial charge in [0.25, 0.3) is 0 Å². The van der Waals surface area contributed by atoms with Gasteiger partial charge < -0.3 is 24.8 Å². The van der Waals surface area contributed by atoms with Gasteiger partial charge in [0, 0.05) is 0 Å². The molecule has 4 aromatic carbocycles. The van der Waals surface area contributed by atoms with Crippen LogP contribution in [0.5, 0.6) is 0 Å². The van der Waals surface area contributed by atoms with Crippen molar-refractivity contribution >= 4 is 12.2 Å². The van der Waals surface area contributed by atoms with Gasteiger partial charge in [0.2, 0.25) is 0 Å². The quantitative estimate of drug-likeness (QED) is 0.123. The Morgan fingerprint density at radius 3 is 1.24 bits per heavy atom. The fourth-order valence-electron chi connectivity index (χ4n) is 10.8. The second-order valence-corrected chi connectivity index (χ2v) is 24.0. The van der Waals surface area contributed by atoms with E-state index in [0.717, 1.165) is 35.1 Å². The van der Waals surface area contributed by atoms with E-state index in [2.05, 4.69) is 76.2 Å². The molecule has 0 radical (unpaired) electrons. The van der Waals surface area contributed by atoms with Crippen LogP contribution in [0.3, 0.4) is 0 Å². The molecule has 0 amide bonds. The van der Waals surface area contributed by atoms with Crippen LogP contribution in [0.15, 0.2) is 96.1 Å². The molecule has 4 aliphatic rings. The van der Waals surface area contributed by atoms with E-state index in [1.807, 2.05) is 0 Å². The Morgan fingerprint density at radius 2 is 0.909 bits per heavy atom. The molecule has 1 aliphatic heterocycles. The number of benzene rings is 4. The first kappa shape index (κ1) is 41.9. The van der Waals surface area contributed by atoms with E-state index >= 15 is 0 Å². The minimum absolute atomic E-state index is 0. The first-order chi connectivity index (χ1) is 25.2. The molecular weight excluding hydrogens is 785 g/mol. The van der Waals surface area contributed by atoms with E-state index in [1.54, 1.807) is 24.3 Å². The fourth-order valence-corrected chi connectivity index (χ4v) is 24.9. The van der Waals surface area contributed by atoms with Gasteiger partial charge >= 0.3 is 314 Å². The van der Waals surface area contributed by atoms with Gasteiger partial charge in [-0.2, -0.15) is 0 Å². The second kappa shape index (κ2) is 15.5. The minimum atomic E-state index is -4.39. The summed E-state index contributed by atoms with van der Waals surface area (Å²) in [7, 11) is 0. The number of fused-ring (bicyclic) bond motifs is 3. The van der Waals surface area contributed by atoms with Crippen LogP contribution in [0, 0.1) is 11.8 Å². The van der Waals surface area contributed by atoms with Crippen molar-refractivity contribution in [3.63, 3.8) is 0 Å². The normalized spacial score (nSPS) is 22.8. The summed E-state index contributed by atoms with van der Waals surface area (Å²) in [6.07, 6.45) is 3.02. The molecule has 1 saturated carbocycles. The first-order valence-corrected chi connectivity index (χ1v) is 22.8. The van der Waals surface area contributed by atoms with Gasteiger partial charge in [-0.15, -0.1) is 0 Å². The summed E-state index contributed by atoms with van der Waals surface area (Å²) in [5.41, 5.74) is 10.4. The molecule has 8 rings (SSSR count). The largest absolute Gasteiger partial charge is 1.00 e. The molecule has 4 atom stereocenters. The SMILES string of the molecule is CC(C)CC1=Cc2c(-c3ccc(C(F)(F)F)cc3)cccc2[CH]1[Ti+2]1([CH]2C(CC(C)C)=Cc3c(-c4ccc(C(F)(F)F)cc4)cccc32)[CH]2CCCC[CH]21.[Cl-].[Cl-]. The van der Waals surface area contributed by atoms with E-state index in [1.165, 1.54) is 83.3 Å². The maximum atomic E-state index is 13.5. The fraction of sp³-hybridized carbons (Fsp3) is 0.391. The number of halogens is 8. The molecule has 3 aliphatic carbocycles. The standard InChI is InChI=1S/2C20H18F3.C6H10.2ClH.Ti/c2*1-13(2)10-14-11-16-4-3-5-18(19(16)12-14)15-6-8-17(9-7-15)20(21,22)23;1-2-4-6-5-3-1;;;/h2*3-9,11-13H,10H2,1-2H3;1-2H,3-6H2;2*1H;/q;;;;;+2/p-2. The van der Waals surface area contributed by atoms with Crippen molar-refractivity contribution in [2.24, 2.45) is 11.8 Å². The molecule has 0 aromatic heterocycles. The number of hydrogen-bond acceptors (Lipinski definition) is 0. The molecule has 4 aromatic rings. The topological polar surface area (TPSA) is 0 Å². The van der Waals surface area contributed by atoms with Crippen molar-refractivity contribution < 1.29 is 67.7 Å². The van der Waals surface area contributed by atoms with E-state index in [-0.39, 0.29) is 24.8 Å². The Bertz CT molecular complexity index is 1940. The zero-order valence-electron chi connectivity index (χ0n) is 31.5. The maximum Gasteiger partial charge on any atom is -1.00 e. The number of hydrogen-bond donors (Lipinski definition) is 0. The smallest absolute Gasteiger partial charge is 1.00 e. The number of alkyl halides is 6. The van der Waals surface area contributed by atoms with Crippen molar-refractivity contribution in [2.45, 2.75) is 95.5 Å². The van der Waals surface area contributed by atoms with Gasteiger partial charge in [-0.25, -0.2) is 0 Å². The Kier molecular flexibility index (Phi) is 11.8. The van der Waals surface area contributed by atoms with E-state index in [0.29, 0.717) is 28.7 Å². The molecule has 0 bridgehead atoms. The third-order valence-electron chi connectivity index (χ3n) is 12.6. The maximum absolute atomic E-state index is 13.5. The van der Waals surface area contributed by atoms with Crippen LogP contribution in [0.2, 0.25) is 8.45 Å².